The van der Waals surface area contributed by atoms with Crippen molar-refractivity contribution < 1.29 is 14.0 Å². The molecule has 5 nitrogen and oxygen atoms in total. The number of carbonyl (C=O) groups is 2. The van der Waals surface area contributed by atoms with Crippen molar-refractivity contribution in [3.8, 4) is 0 Å². The van der Waals surface area contributed by atoms with Crippen molar-refractivity contribution in [2.75, 3.05) is 10.2 Å². The zero-order chi connectivity index (χ0) is 19.7. The zero-order valence-corrected chi connectivity index (χ0v) is 15.2. The van der Waals surface area contributed by atoms with Gasteiger partial charge in [0, 0.05) is 29.8 Å². The maximum Gasteiger partial charge on any atom is 0.260 e. The second-order valence-electron chi connectivity index (χ2n) is 6.78. The Morgan fingerprint density at radius 3 is 2.68 bits per heavy atom. The summed E-state index contributed by atoms with van der Waals surface area (Å²) < 4.78 is 13.3. The number of nitrogens with one attached hydrogen (secondary N) is 1. The molecular formula is C22H18FN3O2. The third-order valence-corrected chi connectivity index (χ3v) is 4.76. The Morgan fingerprint density at radius 1 is 1.07 bits per heavy atom. The molecule has 140 valence electrons. The molecule has 0 radical (unpaired) electrons. The van der Waals surface area contributed by atoms with Crippen LogP contribution in [0.5, 0.6) is 0 Å². The van der Waals surface area contributed by atoms with E-state index in [4.69, 9.17) is 0 Å². The minimum Gasteiger partial charge on any atom is -0.322 e. The summed E-state index contributed by atoms with van der Waals surface area (Å²) in [5, 5.41) is 2.62. The fraction of sp³-hybridized carbons (Fsp3) is 0.136. The SMILES string of the molecule is CC1Cc2ccccc2N1C(=O)c1cncc(C(=O)Nc2cccc(F)c2)c1. The van der Waals surface area contributed by atoms with Gasteiger partial charge in [-0.15, -0.1) is 0 Å². The molecule has 1 aliphatic heterocycles. The van der Waals surface area contributed by atoms with Gasteiger partial charge in [-0.05, 0) is 49.2 Å². The van der Waals surface area contributed by atoms with Crippen LogP contribution in [0.2, 0.25) is 0 Å². The lowest BCUT2D eigenvalue weighted by Gasteiger charge is -2.22. The molecule has 1 aromatic heterocycles. The Bertz CT molecular complexity index is 1070. The number of carbonyl (C=O) groups excluding carboxylic acids is 2. The highest BCUT2D eigenvalue weighted by Gasteiger charge is 2.31. The first-order chi connectivity index (χ1) is 13.5. The number of amides is 2. The zero-order valence-electron chi connectivity index (χ0n) is 15.2. The summed E-state index contributed by atoms with van der Waals surface area (Å²) in [5.41, 5.74) is 2.90. The van der Waals surface area contributed by atoms with Gasteiger partial charge in [-0.2, -0.15) is 0 Å². The number of nitrogens with zero attached hydrogens (tertiary/aromatic N) is 2. The van der Waals surface area contributed by atoms with Crippen LogP contribution in [-0.2, 0) is 6.42 Å². The molecule has 3 aromatic rings. The van der Waals surface area contributed by atoms with E-state index in [2.05, 4.69) is 10.3 Å². The predicted octanol–water partition coefficient (Wildman–Crippen LogP) is 4.06. The summed E-state index contributed by atoms with van der Waals surface area (Å²) >= 11 is 0. The van der Waals surface area contributed by atoms with Gasteiger partial charge in [0.15, 0.2) is 0 Å². The number of aromatic nitrogens is 1. The Morgan fingerprint density at radius 2 is 1.86 bits per heavy atom. The number of rotatable bonds is 3. The van der Waals surface area contributed by atoms with E-state index in [1.807, 2.05) is 31.2 Å². The van der Waals surface area contributed by atoms with E-state index >= 15 is 0 Å². The van der Waals surface area contributed by atoms with Crippen LogP contribution in [0.25, 0.3) is 0 Å². The molecule has 0 fully saturated rings. The van der Waals surface area contributed by atoms with Crippen molar-refractivity contribution in [3.05, 3.63) is 89.5 Å². The Balaban J connectivity index is 1.58. The first-order valence-electron chi connectivity index (χ1n) is 8.96. The molecule has 2 heterocycles. The molecule has 4 rings (SSSR count). The molecule has 1 unspecified atom stereocenters. The number of fused-ring (bicyclic) bond motifs is 1. The number of benzene rings is 2. The van der Waals surface area contributed by atoms with Gasteiger partial charge in [0.05, 0.1) is 11.1 Å². The van der Waals surface area contributed by atoms with E-state index in [1.54, 1.807) is 11.0 Å². The van der Waals surface area contributed by atoms with E-state index in [0.717, 1.165) is 17.7 Å². The molecular weight excluding hydrogens is 357 g/mol. The predicted molar refractivity (Wildman–Crippen MR) is 105 cm³/mol. The molecule has 2 aromatic carbocycles. The number of hydrogen-bond acceptors (Lipinski definition) is 3. The maximum absolute atomic E-state index is 13.3. The molecule has 0 saturated heterocycles. The third kappa shape index (κ3) is 3.36. The van der Waals surface area contributed by atoms with Crippen LogP contribution in [-0.4, -0.2) is 22.8 Å². The quantitative estimate of drug-likeness (QED) is 0.751. The van der Waals surface area contributed by atoms with Crippen LogP contribution in [0.4, 0.5) is 15.8 Å². The van der Waals surface area contributed by atoms with Crippen molar-refractivity contribution in [2.24, 2.45) is 0 Å². The second-order valence-corrected chi connectivity index (χ2v) is 6.78. The number of pyridine rings is 1. The van der Waals surface area contributed by atoms with Crippen LogP contribution >= 0.6 is 0 Å². The lowest BCUT2D eigenvalue weighted by molar-refractivity contribution is 0.0981. The van der Waals surface area contributed by atoms with Gasteiger partial charge in [0.2, 0.25) is 0 Å². The second kappa shape index (κ2) is 7.23. The van der Waals surface area contributed by atoms with Crippen LogP contribution < -0.4 is 10.2 Å². The molecule has 1 atom stereocenters. The monoisotopic (exact) mass is 375 g/mol. The first kappa shape index (κ1) is 17.9. The first-order valence-corrected chi connectivity index (χ1v) is 8.96. The molecule has 2 amide bonds. The number of para-hydroxylation sites is 1. The highest BCUT2D eigenvalue weighted by Crippen LogP contribution is 2.33. The van der Waals surface area contributed by atoms with Crippen LogP contribution in [0, 0.1) is 5.82 Å². The summed E-state index contributed by atoms with van der Waals surface area (Å²) in [5.74, 6) is -1.10. The maximum atomic E-state index is 13.3. The fourth-order valence-electron chi connectivity index (χ4n) is 3.46. The fourth-order valence-corrected chi connectivity index (χ4v) is 3.46. The minimum atomic E-state index is -0.456. The van der Waals surface area contributed by atoms with Gasteiger partial charge in [-0.25, -0.2) is 4.39 Å². The highest BCUT2D eigenvalue weighted by molar-refractivity contribution is 6.10. The molecule has 0 saturated carbocycles. The number of halogens is 1. The summed E-state index contributed by atoms with van der Waals surface area (Å²) in [6.45, 7) is 1.99. The van der Waals surface area contributed by atoms with Gasteiger partial charge in [0.25, 0.3) is 11.8 Å². The molecule has 1 aliphatic rings. The lowest BCUT2D eigenvalue weighted by Crippen LogP contribution is -2.35. The molecule has 6 heteroatoms. The average molecular weight is 375 g/mol. The molecule has 0 spiro atoms. The van der Waals surface area contributed by atoms with E-state index < -0.39 is 11.7 Å². The Labute approximate surface area is 161 Å². The van der Waals surface area contributed by atoms with Crippen LogP contribution in [0.1, 0.15) is 33.2 Å². The lowest BCUT2D eigenvalue weighted by atomic mass is 10.1. The Hall–Kier alpha value is -3.54. The summed E-state index contributed by atoms with van der Waals surface area (Å²) in [6, 6.07) is 14.9. The van der Waals surface area contributed by atoms with Crippen molar-refractivity contribution >= 4 is 23.2 Å². The molecule has 28 heavy (non-hydrogen) atoms. The van der Waals surface area contributed by atoms with Crippen molar-refractivity contribution in [2.45, 2.75) is 19.4 Å². The third-order valence-electron chi connectivity index (χ3n) is 4.76. The normalized spacial score (nSPS) is 15.2. The van der Waals surface area contributed by atoms with Gasteiger partial charge >= 0.3 is 0 Å². The van der Waals surface area contributed by atoms with Crippen molar-refractivity contribution in [3.63, 3.8) is 0 Å². The van der Waals surface area contributed by atoms with Crippen LogP contribution in [0.15, 0.2) is 67.0 Å². The minimum absolute atomic E-state index is 0.0228. The molecule has 1 N–H and O–H groups in total. The largest absolute Gasteiger partial charge is 0.322 e. The molecule has 0 aliphatic carbocycles. The Kier molecular flexibility index (Phi) is 4.61. The highest BCUT2D eigenvalue weighted by atomic mass is 19.1. The number of anilines is 2. The van der Waals surface area contributed by atoms with E-state index in [9.17, 15) is 14.0 Å². The summed E-state index contributed by atoms with van der Waals surface area (Å²) in [6.07, 6.45) is 3.62. The van der Waals surface area contributed by atoms with Crippen molar-refractivity contribution in [1.29, 1.82) is 0 Å². The van der Waals surface area contributed by atoms with E-state index in [-0.39, 0.29) is 17.5 Å². The summed E-state index contributed by atoms with van der Waals surface area (Å²) in [7, 11) is 0. The van der Waals surface area contributed by atoms with Gasteiger partial charge in [0.1, 0.15) is 5.82 Å². The smallest absolute Gasteiger partial charge is 0.260 e. The van der Waals surface area contributed by atoms with E-state index in [1.165, 1.54) is 36.7 Å². The van der Waals surface area contributed by atoms with Gasteiger partial charge in [-0.1, -0.05) is 24.3 Å². The topological polar surface area (TPSA) is 62.3 Å². The van der Waals surface area contributed by atoms with Crippen molar-refractivity contribution in [1.82, 2.24) is 4.98 Å². The van der Waals surface area contributed by atoms with Gasteiger partial charge in [-0.3, -0.25) is 14.6 Å². The summed E-state index contributed by atoms with van der Waals surface area (Å²) in [4.78, 5) is 31.4. The van der Waals surface area contributed by atoms with E-state index in [0.29, 0.717) is 11.3 Å². The number of hydrogen-bond donors (Lipinski definition) is 1. The average Bonchev–Trinajstić information content (AvgIpc) is 3.03. The standard InChI is InChI=1S/C22H18FN3O2/c1-14-9-15-5-2-3-8-20(15)26(14)22(28)17-10-16(12-24-13-17)21(27)25-19-7-4-6-18(23)11-19/h2-8,10-14H,9H2,1H3,(H,25,27). The van der Waals surface area contributed by atoms with Crippen LogP contribution in [0.3, 0.4) is 0 Å². The van der Waals surface area contributed by atoms with Gasteiger partial charge < -0.3 is 10.2 Å². The molecule has 0 bridgehead atoms.